The summed E-state index contributed by atoms with van der Waals surface area (Å²) in [6.07, 6.45) is 5.11. The van der Waals surface area contributed by atoms with Crippen molar-refractivity contribution in [2.75, 3.05) is 0 Å². The third-order valence-corrected chi connectivity index (χ3v) is 2.73. The molecule has 2 aliphatic rings. The largest absolute Gasteiger partial charge is 0.374 e. The molecule has 2 bridgehead atoms. The van der Waals surface area contributed by atoms with Crippen LogP contribution in [0, 0.1) is 5.41 Å². The second kappa shape index (κ2) is 1.51. The molecule has 2 saturated heterocycles. The zero-order valence-electron chi connectivity index (χ0n) is 6.18. The van der Waals surface area contributed by atoms with E-state index in [1.165, 1.54) is 19.3 Å². The van der Waals surface area contributed by atoms with Crippen molar-refractivity contribution in [1.82, 2.24) is 0 Å². The molecular weight excluding hydrogens is 112 g/mol. The number of rotatable bonds is 0. The van der Waals surface area contributed by atoms with Gasteiger partial charge in [0.2, 0.25) is 0 Å². The highest BCUT2D eigenvalue weighted by molar-refractivity contribution is 4.94. The summed E-state index contributed by atoms with van der Waals surface area (Å²) in [6, 6.07) is 0. The summed E-state index contributed by atoms with van der Waals surface area (Å²) in [4.78, 5) is 0. The van der Waals surface area contributed by atoms with E-state index >= 15 is 0 Å². The Morgan fingerprint density at radius 1 is 1.33 bits per heavy atom. The van der Waals surface area contributed by atoms with Gasteiger partial charge in [0.1, 0.15) is 0 Å². The van der Waals surface area contributed by atoms with Crippen molar-refractivity contribution in [1.29, 1.82) is 0 Å². The van der Waals surface area contributed by atoms with Gasteiger partial charge < -0.3 is 4.74 Å². The molecule has 2 fully saturated rings. The van der Waals surface area contributed by atoms with Crippen LogP contribution in [-0.4, -0.2) is 12.2 Å². The molecule has 0 spiro atoms. The first kappa shape index (κ1) is 5.72. The lowest BCUT2D eigenvalue weighted by Gasteiger charge is -2.25. The molecule has 52 valence electrons. The first-order valence-corrected chi connectivity index (χ1v) is 3.84. The predicted octanol–water partition coefficient (Wildman–Crippen LogP) is 1.96. The van der Waals surface area contributed by atoms with Crippen LogP contribution in [0.3, 0.4) is 0 Å². The predicted molar refractivity (Wildman–Crippen MR) is 36.3 cm³/mol. The fourth-order valence-electron chi connectivity index (χ4n) is 2.15. The number of hydrogen-bond donors (Lipinski definition) is 0. The summed E-state index contributed by atoms with van der Waals surface area (Å²) in [7, 11) is 0. The van der Waals surface area contributed by atoms with Crippen LogP contribution in [0.5, 0.6) is 0 Å². The summed E-state index contributed by atoms with van der Waals surface area (Å²) in [5, 5.41) is 0. The molecule has 1 nitrogen and oxygen atoms in total. The lowest BCUT2D eigenvalue weighted by Crippen LogP contribution is -2.24. The molecule has 2 aliphatic heterocycles. The van der Waals surface area contributed by atoms with Gasteiger partial charge in [0, 0.05) is 0 Å². The molecule has 0 amide bonds. The Kier molecular flexibility index (Phi) is 0.963. The average Bonchev–Trinajstić information content (AvgIpc) is 2.19. The van der Waals surface area contributed by atoms with Gasteiger partial charge >= 0.3 is 0 Å². The van der Waals surface area contributed by atoms with E-state index in [1.807, 2.05) is 0 Å². The van der Waals surface area contributed by atoms with E-state index in [1.54, 1.807) is 0 Å². The minimum absolute atomic E-state index is 0.489. The third kappa shape index (κ3) is 0.710. The number of hydrogen-bond acceptors (Lipinski definition) is 1. The SMILES string of the molecule is CC1(C)CC2CCC1O2. The van der Waals surface area contributed by atoms with Gasteiger partial charge in [-0.3, -0.25) is 0 Å². The van der Waals surface area contributed by atoms with Crippen LogP contribution in [0.1, 0.15) is 33.1 Å². The lowest BCUT2D eigenvalue weighted by molar-refractivity contribution is 0.0737. The zero-order chi connectivity index (χ0) is 6.48. The molecule has 0 N–H and O–H groups in total. The molecule has 0 radical (unpaired) electrons. The van der Waals surface area contributed by atoms with Crippen molar-refractivity contribution < 1.29 is 4.74 Å². The van der Waals surface area contributed by atoms with Crippen LogP contribution in [0.25, 0.3) is 0 Å². The van der Waals surface area contributed by atoms with Gasteiger partial charge in [0.25, 0.3) is 0 Å². The molecule has 2 unspecified atom stereocenters. The highest BCUT2D eigenvalue weighted by atomic mass is 16.5. The van der Waals surface area contributed by atoms with Crippen LogP contribution in [0.4, 0.5) is 0 Å². The zero-order valence-corrected chi connectivity index (χ0v) is 6.18. The molecule has 0 aliphatic carbocycles. The quantitative estimate of drug-likeness (QED) is 0.482. The topological polar surface area (TPSA) is 9.23 Å². The van der Waals surface area contributed by atoms with E-state index in [0.717, 1.165) is 0 Å². The van der Waals surface area contributed by atoms with Crippen LogP contribution < -0.4 is 0 Å². The van der Waals surface area contributed by atoms with Crippen molar-refractivity contribution >= 4 is 0 Å². The Hall–Kier alpha value is -0.0400. The van der Waals surface area contributed by atoms with E-state index in [0.29, 0.717) is 17.6 Å². The monoisotopic (exact) mass is 126 g/mol. The highest BCUT2D eigenvalue weighted by Gasteiger charge is 2.45. The van der Waals surface area contributed by atoms with Crippen LogP contribution in [0.2, 0.25) is 0 Å². The Bertz CT molecular complexity index is 129. The Morgan fingerprint density at radius 2 is 2.11 bits per heavy atom. The summed E-state index contributed by atoms with van der Waals surface area (Å²) in [5.74, 6) is 0. The van der Waals surface area contributed by atoms with E-state index in [2.05, 4.69) is 13.8 Å². The van der Waals surface area contributed by atoms with Crippen LogP contribution >= 0.6 is 0 Å². The van der Waals surface area contributed by atoms with Crippen molar-refractivity contribution in [3.8, 4) is 0 Å². The summed E-state index contributed by atoms with van der Waals surface area (Å²) < 4.78 is 5.69. The van der Waals surface area contributed by atoms with Gasteiger partial charge in [0.15, 0.2) is 0 Å². The standard InChI is InChI=1S/C8H14O/c1-8(2)5-6-3-4-7(8)9-6/h6-7H,3-5H2,1-2H3. The normalized spacial score (nSPS) is 46.0. The number of fused-ring (bicyclic) bond motifs is 2. The molecule has 2 rings (SSSR count). The minimum atomic E-state index is 0.489. The molecule has 2 heterocycles. The minimum Gasteiger partial charge on any atom is -0.374 e. The first-order chi connectivity index (χ1) is 4.18. The van der Waals surface area contributed by atoms with Gasteiger partial charge in [-0.15, -0.1) is 0 Å². The molecular formula is C8H14O. The third-order valence-electron chi connectivity index (χ3n) is 2.73. The van der Waals surface area contributed by atoms with Gasteiger partial charge in [-0.05, 0) is 24.7 Å². The molecule has 2 atom stereocenters. The van der Waals surface area contributed by atoms with Crippen molar-refractivity contribution in [3.63, 3.8) is 0 Å². The molecule has 0 aromatic carbocycles. The van der Waals surface area contributed by atoms with E-state index in [4.69, 9.17) is 4.74 Å². The van der Waals surface area contributed by atoms with Crippen molar-refractivity contribution in [3.05, 3.63) is 0 Å². The van der Waals surface area contributed by atoms with E-state index in [9.17, 15) is 0 Å². The molecule has 9 heavy (non-hydrogen) atoms. The van der Waals surface area contributed by atoms with Crippen molar-refractivity contribution in [2.45, 2.75) is 45.3 Å². The Morgan fingerprint density at radius 3 is 2.33 bits per heavy atom. The fourth-order valence-corrected chi connectivity index (χ4v) is 2.15. The van der Waals surface area contributed by atoms with Crippen LogP contribution in [-0.2, 0) is 4.74 Å². The first-order valence-electron chi connectivity index (χ1n) is 3.84. The Balaban J connectivity index is 2.18. The highest BCUT2D eigenvalue weighted by Crippen LogP contribution is 2.46. The molecule has 0 aromatic rings. The second-order valence-electron chi connectivity index (χ2n) is 4.02. The summed E-state index contributed by atoms with van der Waals surface area (Å²) in [5.41, 5.74) is 0.489. The number of ether oxygens (including phenoxy) is 1. The lowest BCUT2D eigenvalue weighted by atomic mass is 9.77. The van der Waals surface area contributed by atoms with E-state index in [-0.39, 0.29) is 0 Å². The fraction of sp³-hybridized carbons (Fsp3) is 1.00. The smallest absolute Gasteiger partial charge is 0.0631 e. The van der Waals surface area contributed by atoms with Gasteiger partial charge in [-0.1, -0.05) is 13.8 Å². The van der Waals surface area contributed by atoms with Gasteiger partial charge in [-0.25, -0.2) is 0 Å². The maximum atomic E-state index is 5.69. The molecule has 0 aromatic heterocycles. The summed E-state index contributed by atoms with van der Waals surface area (Å²) in [6.45, 7) is 4.63. The maximum absolute atomic E-state index is 5.69. The van der Waals surface area contributed by atoms with E-state index < -0.39 is 0 Å². The molecule has 0 saturated carbocycles. The second-order valence-corrected chi connectivity index (χ2v) is 4.02. The van der Waals surface area contributed by atoms with Crippen LogP contribution in [0.15, 0.2) is 0 Å². The Labute approximate surface area is 56.4 Å². The summed E-state index contributed by atoms with van der Waals surface area (Å²) >= 11 is 0. The van der Waals surface area contributed by atoms with Gasteiger partial charge in [-0.2, -0.15) is 0 Å². The molecule has 1 heteroatoms. The average molecular weight is 126 g/mol. The van der Waals surface area contributed by atoms with Gasteiger partial charge in [0.05, 0.1) is 12.2 Å². The van der Waals surface area contributed by atoms with Crippen molar-refractivity contribution in [2.24, 2.45) is 5.41 Å². The maximum Gasteiger partial charge on any atom is 0.0631 e.